The largest absolute Gasteiger partial charge is 0.493 e. The summed E-state index contributed by atoms with van der Waals surface area (Å²) >= 11 is 9.46. The first-order chi connectivity index (χ1) is 14.4. The van der Waals surface area contributed by atoms with Crippen molar-refractivity contribution in [3.63, 3.8) is 0 Å². The molecule has 3 aromatic rings. The van der Waals surface area contributed by atoms with Crippen LogP contribution in [-0.2, 0) is 13.2 Å². The maximum absolute atomic E-state index is 13.1. The Morgan fingerprint density at radius 2 is 1.90 bits per heavy atom. The van der Waals surface area contributed by atoms with Gasteiger partial charge in [-0.05, 0) is 48.0 Å². The first-order valence-electron chi connectivity index (χ1n) is 8.88. The number of carboxylic acid groups (broad SMARTS) is 1. The molecule has 0 bridgehead atoms. The number of benzene rings is 3. The van der Waals surface area contributed by atoms with Crippen LogP contribution in [0.5, 0.6) is 11.5 Å². The van der Waals surface area contributed by atoms with Crippen molar-refractivity contribution < 1.29 is 23.8 Å². The van der Waals surface area contributed by atoms with Crippen molar-refractivity contribution in [3.8, 4) is 11.5 Å². The smallest absolute Gasteiger partial charge is 0.337 e. The van der Waals surface area contributed by atoms with Crippen molar-refractivity contribution in [1.82, 2.24) is 0 Å². The highest BCUT2D eigenvalue weighted by atomic mass is 79.9. The van der Waals surface area contributed by atoms with Crippen molar-refractivity contribution >= 4 is 39.2 Å². The zero-order chi connectivity index (χ0) is 21.7. The summed E-state index contributed by atoms with van der Waals surface area (Å²) in [4.78, 5) is 11.3. The molecule has 0 unspecified atom stereocenters. The van der Waals surface area contributed by atoms with Gasteiger partial charge in [-0.15, -0.1) is 0 Å². The summed E-state index contributed by atoms with van der Waals surface area (Å²) in [5.41, 5.74) is 2.19. The molecule has 30 heavy (non-hydrogen) atoms. The Balaban J connectivity index is 1.84. The molecule has 8 heteroatoms. The summed E-state index contributed by atoms with van der Waals surface area (Å²) in [6.07, 6.45) is 0. The van der Waals surface area contributed by atoms with E-state index in [1.54, 1.807) is 31.4 Å². The lowest BCUT2D eigenvalue weighted by Gasteiger charge is -2.18. The van der Waals surface area contributed by atoms with Crippen molar-refractivity contribution in [3.05, 3.63) is 86.6 Å². The summed E-state index contributed by atoms with van der Waals surface area (Å²) in [5, 5.41) is 12.6. The highest BCUT2D eigenvalue weighted by Crippen LogP contribution is 2.37. The first kappa shape index (κ1) is 21.9. The second-order valence-corrected chi connectivity index (χ2v) is 7.59. The number of ether oxygens (including phenoxy) is 2. The van der Waals surface area contributed by atoms with E-state index in [4.69, 9.17) is 21.1 Å². The minimum atomic E-state index is -1.10. The lowest BCUT2D eigenvalue weighted by Crippen LogP contribution is -2.07. The molecule has 0 aliphatic heterocycles. The molecule has 0 amide bonds. The molecule has 0 atom stereocenters. The summed E-state index contributed by atoms with van der Waals surface area (Å²) < 4.78 is 25.4. The Morgan fingerprint density at radius 1 is 1.17 bits per heavy atom. The molecule has 5 nitrogen and oxygen atoms in total. The van der Waals surface area contributed by atoms with Gasteiger partial charge in [0.05, 0.1) is 17.7 Å². The number of aromatic carboxylic acids is 1. The SMILES string of the molecule is COc1ccc(Br)c(CNc2ccc(Cl)c(C(=O)O)c2)c1OCc1ccc(F)cc1. The summed E-state index contributed by atoms with van der Waals surface area (Å²) in [6, 6.07) is 14.4. The van der Waals surface area contributed by atoms with Gasteiger partial charge in [-0.3, -0.25) is 0 Å². The molecule has 3 aromatic carbocycles. The van der Waals surface area contributed by atoms with Gasteiger partial charge in [-0.1, -0.05) is 39.7 Å². The number of hydrogen-bond acceptors (Lipinski definition) is 4. The second-order valence-electron chi connectivity index (χ2n) is 6.33. The Hall–Kier alpha value is -2.77. The van der Waals surface area contributed by atoms with Crippen molar-refractivity contribution in [2.24, 2.45) is 0 Å². The maximum atomic E-state index is 13.1. The highest BCUT2D eigenvalue weighted by Gasteiger charge is 2.16. The van der Waals surface area contributed by atoms with Crippen molar-refractivity contribution in [1.29, 1.82) is 0 Å². The molecule has 0 aromatic heterocycles. The Morgan fingerprint density at radius 3 is 2.57 bits per heavy atom. The average molecular weight is 495 g/mol. The molecule has 156 valence electrons. The first-order valence-corrected chi connectivity index (χ1v) is 10.1. The predicted molar refractivity (Wildman–Crippen MR) is 117 cm³/mol. The molecule has 0 radical (unpaired) electrons. The minimum absolute atomic E-state index is 0.0131. The van der Waals surface area contributed by atoms with Gasteiger partial charge in [0.25, 0.3) is 0 Å². The molecule has 0 saturated carbocycles. The number of nitrogens with one attached hydrogen (secondary N) is 1. The van der Waals surface area contributed by atoms with E-state index in [-0.39, 0.29) is 23.0 Å². The third-order valence-corrected chi connectivity index (χ3v) is 5.42. The number of rotatable bonds is 8. The van der Waals surface area contributed by atoms with E-state index in [2.05, 4.69) is 21.2 Å². The number of methoxy groups -OCH3 is 1. The maximum Gasteiger partial charge on any atom is 0.337 e. The zero-order valence-corrected chi connectivity index (χ0v) is 18.3. The van der Waals surface area contributed by atoms with Crippen LogP contribution in [0.25, 0.3) is 0 Å². The predicted octanol–water partition coefficient (Wildman–Crippen LogP) is 6.14. The molecule has 0 aliphatic carbocycles. The fourth-order valence-electron chi connectivity index (χ4n) is 2.79. The van der Waals surface area contributed by atoms with E-state index < -0.39 is 5.97 Å². The third kappa shape index (κ3) is 5.23. The lowest BCUT2D eigenvalue weighted by molar-refractivity contribution is 0.0697. The molecular formula is C22H18BrClFNO4. The van der Waals surface area contributed by atoms with Crippen LogP contribution >= 0.6 is 27.5 Å². The van der Waals surface area contributed by atoms with Crippen molar-refractivity contribution in [2.75, 3.05) is 12.4 Å². The van der Waals surface area contributed by atoms with Crippen LogP contribution in [0.1, 0.15) is 21.5 Å². The van der Waals surface area contributed by atoms with Crippen molar-refractivity contribution in [2.45, 2.75) is 13.2 Å². The molecule has 0 spiro atoms. The molecule has 0 saturated heterocycles. The van der Waals surface area contributed by atoms with Gasteiger partial charge in [-0.25, -0.2) is 9.18 Å². The van der Waals surface area contributed by atoms with Gasteiger partial charge in [0, 0.05) is 22.3 Å². The van der Waals surface area contributed by atoms with Gasteiger partial charge < -0.3 is 19.9 Å². The number of carbonyl (C=O) groups is 1. The molecule has 3 rings (SSSR count). The Kier molecular flexibility index (Phi) is 7.18. The van der Waals surface area contributed by atoms with Crippen LogP contribution in [0.4, 0.5) is 10.1 Å². The summed E-state index contributed by atoms with van der Waals surface area (Å²) in [6.45, 7) is 0.557. The van der Waals surface area contributed by atoms with E-state index in [0.717, 1.165) is 15.6 Å². The minimum Gasteiger partial charge on any atom is -0.493 e. The Bertz CT molecular complexity index is 1060. The fraction of sp³-hybridized carbons (Fsp3) is 0.136. The highest BCUT2D eigenvalue weighted by molar-refractivity contribution is 9.10. The van der Waals surface area contributed by atoms with Crippen LogP contribution < -0.4 is 14.8 Å². The average Bonchev–Trinajstić information content (AvgIpc) is 2.73. The van der Waals surface area contributed by atoms with Gasteiger partial charge in [0.2, 0.25) is 0 Å². The van der Waals surface area contributed by atoms with Crippen LogP contribution in [0.3, 0.4) is 0 Å². The third-order valence-electron chi connectivity index (χ3n) is 4.35. The van der Waals surface area contributed by atoms with Crippen LogP contribution in [0.15, 0.2) is 59.1 Å². The quantitative estimate of drug-likeness (QED) is 0.394. The number of hydrogen-bond donors (Lipinski definition) is 2. The number of anilines is 1. The lowest BCUT2D eigenvalue weighted by atomic mass is 10.1. The van der Waals surface area contributed by atoms with E-state index in [9.17, 15) is 14.3 Å². The molecule has 0 fully saturated rings. The molecular weight excluding hydrogens is 477 g/mol. The summed E-state index contributed by atoms with van der Waals surface area (Å²) in [7, 11) is 1.55. The van der Waals surface area contributed by atoms with Crippen LogP contribution in [0, 0.1) is 5.82 Å². The van der Waals surface area contributed by atoms with Gasteiger partial charge in [0.15, 0.2) is 11.5 Å². The fourth-order valence-corrected chi connectivity index (χ4v) is 3.44. The Labute approximate surface area is 186 Å². The monoisotopic (exact) mass is 493 g/mol. The molecule has 2 N–H and O–H groups in total. The molecule has 0 heterocycles. The number of halogens is 3. The second kappa shape index (κ2) is 9.82. The molecule has 0 aliphatic rings. The zero-order valence-electron chi connectivity index (χ0n) is 15.9. The van der Waals surface area contributed by atoms with Gasteiger partial charge in [-0.2, -0.15) is 0 Å². The topological polar surface area (TPSA) is 67.8 Å². The number of carboxylic acids is 1. The standard InChI is InChI=1S/C22H18BrClFNO4/c1-29-20-9-7-18(23)17(21(20)30-12-13-2-4-14(25)5-3-13)11-26-15-6-8-19(24)16(10-15)22(27)28/h2-10,26H,11-12H2,1H3,(H,27,28). The van der Waals surface area contributed by atoms with E-state index >= 15 is 0 Å². The summed E-state index contributed by atoms with van der Waals surface area (Å²) in [5.74, 6) is -0.350. The van der Waals surface area contributed by atoms with E-state index in [0.29, 0.717) is 23.7 Å². The van der Waals surface area contributed by atoms with Crippen LogP contribution in [-0.4, -0.2) is 18.2 Å². The van der Waals surface area contributed by atoms with Crippen LogP contribution in [0.2, 0.25) is 5.02 Å². The van der Waals surface area contributed by atoms with Gasteiger partial charge >= 0.3 is 5.97 Å². The van der Waals surface area contributed by atoms with E-state index in [1.807, 2.05) is 6.07 Å². The van der Waals surface area contributed by atoms with Gasteiger partial charge in [0.1, 0.15) is 12.4 Å². The normalized spacial score (nSPS) is 10.5. The van der Waals surface area contributed by atoms with E-state index in [1.165, 1.54) is 24.3 Å².